The molecule has 2 N–H and O–H groups in total. The molecule has 156 valence electrons. The molecule has 3 aromatic carbocycles. The molecule has 0 heterocycles. The number of rotatable bonds is 8. The second-order valence-corrected chi connectivity index (χ2v) is 7.04. The predicted molar refractivity (Wildman–Crippen MR) is 116 cm³/mol. The maximum atomic E-state index is 12.2. The van der Waals surface area contributed by atoms with Gasteiger partial charge in [-0.15, -0.1) is 0 Å². The van der Waals surface area contributed by atoms with Crippen LogP contribution in [0.2, 0.25) is 0 Å². The third-order valence-electron chi connectivity index (χ3n) is 4.76. The summed E-state index contributed by atoms with van der Waals surface area (Å²) in [7, 11) is 5.09. The van der Waals surface area contributed by atoms with Gasteiger partial charge in [-0.3, -0.25) is 4.79 Å². The Kier molecular flexibility index (Phi) is 7.06. The highest BCUT2D eigenvalue weighted by atomic mass is 16.5. The monoisotopic (exact) mass is 406 g/mol. The molecule has 0 saturated carbocycles. The number of carbonyl (C=O) groups excluding carboxylic acids is 1. The minimum atomic E-state index is -0.0456. The van der Waals surface area contributed by atoms with Crippen LogP contribution in [0.3, 0.4) is 0 Å². The van der Waals surface area contributed by atoms with E-state index in [0.29, 0.717) is 17.9 Å². The van der Waals surface area contributed by atoms with Crippen LogP contribution in [0.15, 0.2) is 66.7 Å². The molecule has 6 heteroatoms. The predicted octanol–water partition coefficient (Wildman–Crippen LogP) is 4.12. The highest BCUT2D eigenvalue weighted by Gasteiger charge is 2.14. The summed E-state index contributed by atoms with van der Waals surface area (Å²) >= 11 is 0. The summed E-state index contributed by atoms with van der Waals surface area (Å²) < 4.78 is 11.4. The molecule has 0 radical (unpaired) electrons. The molecule has 3 rings (SSSR count). The van der Waals surface area contributed by atoms with Crippen molar-refractivity contribution in [2.75, 3.05) is 21.2 Å². The number of methoxy groups -OCH3 is 1. The van der Waals surface area contributed by atoms with Crippen LogP contribution in [0.25, 0.3) is 11.1 Å². The van der Waals surface area contributed by atoms with E-state index in [9.17, 15) is 10.0 Å². The molecule has 30 heavy (non-hydrogen) atoms. The van der Waals surface area contributed by atoms with Crippen molar-refractivity contribution in [3.63, 3.8) is 0 Å². The second-order valence-electron chi connectivity index (χ2n) is 7.04. The molecular weight excluding hydrogens is 380 g/mol. The van der Waals surface area contributed by atoms with Crippen LogP contribution < -0.4 is 15.0 Å². The van der Waals surface area contributed by atoms with Crippen LogP contribution in [-0.4, -0.2) is 37.2 Å². The van der Waals surface area contributed by atoms with E-state index in [1.807, 2.05) is 66.7 Å². The van der Waals surface area contributed by atoms with Crippen LogP contribution >= 0.6 is 0 Å². The number of hydrogen-bond donors (Lipinski definition) is 2. The highest BCUT2D eigenvalue weighted by molar-refractivity contribution is 5.94. The molecule has 0 atom stereocenters. The Balaban J connectivity index is 1.90. The van der Waals surface area contributed by atoms with E-state index in [4.69, 9.17) is 9.47 Å². The lowest BCUT2D eigenvalue weighted by Gasteiger charge is -2.17. The Morgan fingerprint density at radius 3 is 2.30 bits per heavy atom. The zero-order valence-electron chi connectivity index (χ0n) is 17.4. The molecule has 0 saturated heterocycles. The van der Waals surface area contributed by atoms with Crippen molar-refractivity contribution in [1.82, 2.24) is 10.4 Å². The zero-order valence-corrected chi connectivity index (χ0v) is 17.4. The SMILES string of the molecule is COc1ccc(COc2c(CNO)cccc2-c2ccc(C(=O)N(C)C)cc2)cc1. The topological polar surface area (TPSA) is 71.0 Å². The molecule has 0 spiro atoms. The molecule has 0 aliphatic heterocycles. The van der Waals surface area contributed by atoms with Crippen molar-refractivity contribution in [3.05, 3.63) is 83.4 Å². The summed E-state index contributed by atoms with van der Waals surface area (Å²) in [6, 6.07) is 20.9. The first-order valence-electron chi connectivity index (χ1n) is 9.60. The number of benzene rings is 3. The van der Waals surface area contributed by atoms with Gasteiger partial charge in [0.25, 0.3) is 5.91 Å². The molecular formula is C24H26N2O4. The van der Waals surface area contributed by atoms with Crippen molar-refractivity contribution < 1.29 is 19.5 Å². The van der Waals surface area contributed by atoms with Crippen molar-refractivity contribution >= 4 is 5.91 Å². The first-order chi connectivity index (χ1) is 14.5. The Morgan fingerprint density at radius 1 is 1.00 bits per heavy atom. The summed E-state index contributed by atoms with van der Waals surface area (Å²) in [4.78, 5) is 13.7. The average molecular weight is 406 g/mol. The van der Waals surface area contributed by atoms with E-state index in [-0.39, 0.29) is 12.5 Å². The van der Waals surface area contributed by atoms with Crippen LogP contribution in [0.5, 0.6) is 11.5 Å². The van der Waals surface area contributed by atoms with Gasteiger partial charge < -0.3 is 19.6 Å². The van der Waals surface area contributed by atoms with Gasteiger partial charge in [0, 0.05) is 37.3 Å². The average Bonchev–Trinajstić information content (AvgIpc) is 2.78. The minimum Gasteiger partial charge on any atom is -0.497 e. The fraction of sp³-hybridized carbons (Fsp3) is 0.208. The molecule has 3 aromatic rings. The van der Waals surface area contributed by atoms with Crippen molar-refractivity contribution in [2.24, 2.45) is 0 Å². The molecule has 6 nitrogen and oxygen atoms in total. The Hall–Kier alpha value is -3.35. The van der Waals surface area contributed by atoms with Crippen LogP contribution in [0.1, 0.15) is 21.5 Å². The van der Waals surface area contributed by atoms with Gasteiger partial charge in [0.05, 0.1) is 7.11 Å². The number of ether oxygens (including phenoxy) is 2. The van der Waals surface area contributed by atoms with Gasteiger partial charge in [0.2, 0.25) is 0 Å². The van der Waals surface area contributed by atoms with E-state index >= 15 is 0 Å². The maximum absolute atomic E-state index is 12.2. The van der Waals surface area contributed by atoms with Crippen molar-refractivity contribution in [3.8, 4) is 22.6 Å². The Labute approximate surface area is 176 Å². The normalized spacial score (nSPS) is 10.5. The molecule has 0 bridgehead atoms. The number of nitrogens with one attached hydrogen (secondary N) is 1. The van der Waals surface area contributed by atoms with Crippen LogP contribution in [0.4, 0.5) is 0 Å². The summed E-state index contributed by atoms with van der Waals surface area (Å²) in [5.74, 6) is 1.42. The first kappa shape index (κ1) is 21.4. The van der Waals surface area contributed by atoms with E-state index < -0.39 is 0 Å². The quantitative estimate of drug-likeness (QED) is 0.551. The molecule has 0 aliphatic rings. The van der Waals surface area contributed by atoms with Crippen LogP contribution in [-0.2, 0) is 13.2 Å². The number of para-hydroxylation sites is 1. The lowest BCUT2D eigenvalue weighted by Crippen LogP contribution is -2.21. The third kappa shape index (κ3) is 4.97. The smallest absolute Gasteiger partial charge is 0.253 e. The molecule has 1 amide bonds. The second kappa shape index (κ2) is 9.91. The summed E-state index contributed by atoms with van der Waals surface area (Å²) in [6.07, 6.45) is 0. The van der Waals surface area contributed by atoms with E-state index in [1.54, 1.807) is 26.1 Å². The highest BCUT2D eigenvalue weighted by Crippen LogP contribution is 2.34. The fourth-order valence-electron chi connectivity index (χ4n) is 3.13. The Bertz CT molecular complexity index is 983. The van der Waals surface area contributed by atoms with Gasteiger partial charge in [-0.1, -0.05) is 42.5 Å². The van der Waals surface area contributed by atoms with Crippen molar-refractivity contribution in [2.45, 2.75) is 13.2 Å². The van der Waals surface area contributed by atoms with Crippen molar-refractivity contribution in [1.29, 1.82) is 0 Å². The molecule has 0 unspecified atom stereocenters. The van der Waals surface area contributed by atoms with E-state index in [1.165, 1.54) is 0 Å². The van der Waals surface area contributed by atoms with Gasteiger partial charge in [-0.25, -0.2) is 5.48 Å². The summed E-state index contributed by atoms with van der Waals surface area (Å²) in [6.45, 7) is 0.625. The van der Waals surface area contributed by atoms with E-state index in [0.717, 1.165) is 28.0 Å². The third-order valence-corrected chi connectivity index (χ3v) is 4.76. The lowest BCUT2D eigenvalue weighted by molar-refractivity contribution is 0.0827. The number of carbonyl (C=O) groups is 1. The number of hydroxylamine groups is 1. The van der Waals surface area contributed by atoms with Crippen LogP contribution in [0, 0.1) is 0 Å². The fourth-order valence-corrected chi connectivity index (χ4v) is 3.13. The lowest BCUT2D eigenvalue weighted by atomic mass is 9.99. The first-order valence-corrected chi connectivity index (χ1v) is 9.60. The molecule has 0 aromatic heterocycles. The minimum absolute atomic E-state index is 0.0456. The number of hydrogen-bond acceptors (Lipinski definition) is 5. The van der Waals surface area contributed by atoms with Gasteiger partial charge >= 0.3 is 0 Å². The van der Waals surface area contributed by atoms with Gasteiger partial charge in [-0.05, 0) is 35.4 Å². The van der Waals surface area contributed by atoms with Gasteiger partial charge in [-0.2, -0.15) is 0 Å². The van der Waals surface area contributed by atoms with Gasteiger partial charge in [0.1, 0.15) is 18.1 Å². The Morgan fingerprint density at radius 2 is 1.70 bits per heavy atom. The molecule has 0 fully saturated rings. The zero-order chi connectivity index (χ0) is 21.5. The largest absolute Gasteiger partial charge is 0.497 e. The van der Waals surface area contributed by atoms with E-state index in [2.05, 4.69) is 5.48 Å². The standard InChI is InChI=1S/C24H26N2O4/c1-26(2)24(27)19-11-9-18(10-12-19)22-6-4-5-20(15-25-28)23(22)30-16-17-7-13-21(29-3)14-8-17/h4-14,25,28H,15-16H2,1-3H3. The molecule has 0 aliphatic carbocycles. The maximum Gasteiger partial charge on any atom is 0.253 e. The summed E-state index contributed by atoms with van der Waals surface area (Å²) in [5.41, 5.74) is 6.47. The number of nitrogens with zero attached hydrogens (tertiary/aromatic N) is 1. The van der Waals surface area contributed by atoms with Gasteiger partial charge in [0.15, 0.2) is 0 Å². The summed E-state index contributed by atoms with van der Waals surface area (Å²) in [5, 5.41) is 9.24. The number of amides is 1.